The second kappa shape index (κ2) is 8.30. The van der Waals surface area contributed by atoms with Gasteiger partial charge in [-0.3, -0.25) is 4.79 Å². The second-order valence-electron chi connectivity index (χ2n) is 7.70. The van der Waals surface area contributed by atoms with Crippen molar-refractivity contribution in [3.8, 4) is 6.07 Å². The lowest BCUT2D eigenvalue weighted by atomic mass is 9.98. The topological polar surface area (TPSA) is 70.7 Å². The minimum atomic E-state index is -0.759. The Morgan fingerprint density at radius 1 is 1.24 bits per heavy atom. The summed E-state index contributed by atoms with van der Waals surface area (Å²) in [5.74, 6) is 0.406. The van der Waals surface area contributed by atoms with Gasteiger partial charge >= 0.3 is 0 Å². The maximum atomic E-state index is 12.5. The summed E-state index contributed by atoms with van der Waals surface area (Å²) in [5.41, 5.74) is 2.52. The largest absolute Gasteiger partial charge is 0.337 e. The average Bonchev–Trinajstić information content (AvgIpc) is 3.54. The van der Waals surface area contributed by atoms with Crippen LogP contribution in [0.5, 0.6) is 0 Å². The normalized spacial score (nSPS) is 15.6. The van der Waals surface area contributed by atoms with Gasteiger partial charge in [-0.1, -0.05) is 54.2 Å². The fraction of sp³-hybridized carbons (Fsp3) is 0.348. The third-order valence-electron chi connectivity index (χ3n) is 5.44. The van der Waals surface area contributed by atoms with Crippen molar-refractivity contribution < 1.29 is 4.79 Å². The first kappa shape index (κ1) is 19.5. The van der Waals surface area contributed by atoms with E-state index >= 15 is 0 Å². The van der Waals surface area contributed by atoms with Crippen LogP contribution < -0.4 is 5.32 Å². The number of rotatable bonds is 8. The number of thioether (sulfide) groups is 1. The number of fused-ring (bicyclic) bond motifs is 1. The number of carbonyl (C=O) groups is 1. The van der Waals surface area contributed by atoms with Crippen molar-refractivity contribution >= 4 is 28.7 Å². The number of nitriles is 1. The van der Waals surface area contributed by atoms with Crippen LogP contribution in [-0.2, 0) is 17.8 Å². The van der Waals surface area contributed by atoms with Crippen molar-refractivity contribution in [1.82, 2.24) is 14.9 Å². The van der Waals surface area contributed by atoms with Gasteiger partial charge in [0.2, 0.25) is 5.91 Å². The number of hydrogen-bond acceptors (Lipinski definition) is 4. The third kappa shape index (κ3) is 4.46. The Morgan fingerprint density at radius 2 is 1.97 bits per heavy atom. The molecule has 148 valence electrons. The van der Waals surface area contributed by atoms with Gasteiger partial charge in [0.15, 0.2) is 5.16 Å². The van der Waals surface area contributed by atoms with E-state index < -0.39 is 5.54 Å². The Hall–Kier alpha value is -2.78. The number of benzene rings is 2. The van der Waals surface area contributed by atoms with Crippen LogP contribution in [0, 0.1) is 17.2 Å². The molecule has 0 radical (unpaired) electrons. The van der Waals surface area contributed by atoms with Gasteiger partial charge in [0, 0.05) is 6.54 Å². The van der Waals surface area contributed by atoms with Crippen molar-refractivity contribution in [2.75, 3.05) is 5.75 Å². The maximum Gasteiger partial charge on any atom is 0.231 e. The highest BCUT2D eigenvalue weighted by Crippen LogP contribution is 2.39. The van der Waals surface area contributed by atoms with Crippen LogP contribution >= 0.6 is 11.8 Å². The lowest BCUT2D eigenvalue weighted by Crippen LogP contribution is -2.47. The zero-order valence-electron chi connectivity index (χ0n) is 16.5. The van der Waals surface area contributed by atoms with Crippen molar-refractivity contribution in [2.45, 2.75) is 43.4 Å². The van der Waals surface area contributed by atoms with Crippen molar-refractivity contribution in [3.63, 3.8) is 0 Å². The number of aromatic nitrogens is 2. The smallest absolute Gasteiger partial charge is 0.231 e. The molecule has 29 heavy (non-hydrogen) atoms. The van der Waals surface area contributed by atoms with E-state index in [-0.39, 0.29) is 17.6 Å². The average molecular weight is 405 g/mol. The molecule has 6 heteroatoms. The fourth-order valence-electron chi connectivity index (χ4n) is 3.60. The van der Waals surface area contributed by atoms with Crippen LogP contribution in [0.25, 0.3) is 11.0 Å². The number of nitrogens with one attached hydrogen (secondary N) is 1. The number of hydrogen-bond donors (Lipinski definition) is 1. The SMILES string of the molecule is CC(C#N)(NC(=O)CSc1nc2ccccc2n1CCc1ccccc1)C1CC1. The quantitative estimate of drug-likeness (QED) is 0.572. The minimum absolute atomic E-state index is 0.118. The van der Waals surface area contributed by atoms with E-state index in [1.165, 1.54) is 17.3 Å². The van der Waals surface area contributed by atoms with E-state index in [9.17, 15) is 10.1 Å². The summed E-state index contributed by atoms with van der Waals surface area (Å²) in [5, 5.41) is 13.2. The summed E-state index contributed by atoms with van der Waals surface area (Å²) in [6, 6.07) is 20.7. The highest BCUT2D eigenvalue weighted by molar-refractivity contribution is 7.99. The molecule has 2 aromatic carbocycles. The monoisotopic (exact) mass is 404 g/mol. The van der Waals surface area contributed by atoms with Crippen molar-refractivity contribution in [3.05, 3.63) is 60.2 Å². The third-order valence-corrected chi connectivity index (χ3v) is 6.42. The van der Waals surface area contributed by atoms with Crippen LogP contribution in [0.1, 0.15) is 25.3 Å². The summed E-state index contributed by atoms with van der Waals surface area (Å²) in [6.07, 6.45) is 2.91. The lowest BCUT2D eigenvalue weighted by Gasteiger charge is -2.22. The van der Waals surface area contributed by atoms with Gasteiger partial charge in [0.05, 0.1) is 22.9 Å². The van der Waals surface area contributed by atoms with Gasteiger partial charge in [-0.25, -0.2) is 4.98 Å². The molecular weight excluding hydrogens is 380 g/mol. The zero-order valence-corrected chi connectivity index (χ0v) is 17.3. The Bertz CT molecular complexity index is 1050. The number of aryl methyl sites for hydroxylation is 2. The summed E-state index contributed by atoms with van der Waals surface area (Å²) in [6.45, 7) is 2.62. The Morgan fingerprint density at radius 3 is 2.69 bits per heavy atom. The summed E-state index contributed by atoms with van der Waals surface area (Å²) in [7, 11) is 0. The fourth-order valence-corrected chi connectivity index (χ4v) is 4.44. The van der Waals surface area contributed by atoms with Crippen molar-refractivity contribution in [1.29, 1.82) is 5.26 Å². The van der Waals surface area contributed by atoms with Gasteiger partial charge in [0.1, 0.15) is 5.54 Å². The highest BCUT2D eigenvalue weighted by atomic mass is 32.2. The Kier molecular flexibility index (Phi) is 5.59. The van der Waals surface area contributed by atoms with E-state index in [1.54, 1.807) is 0 Å². The Balaban J connectivity index is 1.48. The molecule has 0 aliphatic heterocycles. The second-order valence-corrected chi connectivity index (χ2v) is 8.64. The molecule has 1 aliphatic rings. The molecule has 1 unspecified atom stereocenters. The van der Waals surface area contributed by atoms with E-state index in [1.807, 2.05) is 43.3 Å². The summed E-state index contributed by atoms with van der Waals surface area (Å²) >= 11 is 1.43. The van der Waals surface area contributed by atoms with Gasteiger partial charge in [-0.05, 0) is 49.8 Å². The van der Waals surface area contributed by atoms with Gasteiger partial charge in [-0.15, -0.1) is 0 Å². The Labute approximate surface area is 175 Å². The molecule has 1 atom stereocenters. The molecule has 1 saturated carbocycles. The van der Waals surface area contributed by atoms with E-state index in [2.05, 4.69) is 34.2 Å². The highest BCUT2D eigenvalue weighted by Gasteiger charge is 2.42. The molecule has 1 aromatic heterocycles. The van der Waals surface area contributed by atoms with Gasteiger partial charge in [-0.2, -0.15) is 5.26 Å². The molecule has 1 N–H and O–H groups in total. The molecule has 1 aliphatic carbocycles. The number of amides is 1. The number of nitrogens with zero attached hydrogens (tertiary/aromatic N) is 3. The molecular formula is C23H24N4OS. The lowest BCUT2D eigenvalue weighted by molar-refractivity contribution is -0.119. The van der Waals surface area contributed by atoms with Crippen LogP contribution in [-0.4, -0.2) is 26.8 Å². The molecule has 3 aromatic rings. The van der Waals surface area contributed by atoms with E-state index in [0.29, 0.717) is 0 Å². The summed E-state index contributed by atoms with van der Waals surface area (Å²) < 4.78 is 2.19. The van der Waals surface area contributed by atoms with Gasteiger partial charge in [0.25, 0.3) is 0 Å². The summed E-state index contributed by atoms with van der Waals surface area (Å²) in [4.78, 5) is 17.3. The number of para-hydroxylation sites is 2. The van der Waals surface area contributed by atoms with E-state index in [4.69, 9.17) is 4.98 Å². The molecule has 0 spiro atoms. The van der Waals surface area contributed by atoms with Crippen LogP contribution in [0.15, 0.2) is 59.8 Å². The first-order chi connectivity index (χ1) is 14.1. The zero-order chi connectivity index (χ0) is 20.3. The molecule has 5 nitrogen and oxygen atoms in total. The number of carbonyl (C=O) groups excluding carboxylic acids is 1. The molecule has 4 rings (SSSR count). The maximum absolute atomic E-state index is 12.5. The van der Waals surface area contributed by atoms with Crippen LogP contribution in [0.2, 0.25) is 0 Å². The molecule has 0 bridgehead atoms. The minimum Gasteiger partial charge on any atom is -0.337 e. The van der Waals surface area contributed by atoms with Crippen molar-refractivity contribution in [2.24, 2.45) is 5.92 Å². The molecule has 0 saturated heterocycles. The predicted molar refractivity (Wildman–Crippen MR) is 115 cm³/mol. The predicted octanol–water partition coefficient (Wildman–Crippen LogP) is 4.18. The van der Waals surface area contributed by atoms with Crippen LogP contribution in [0.3, 0.4) is 0 Å². The van der Waals surface area contributed by atoms with Crippen LogP contribution in [0.4, 0.5) is 0 Å². The first-order valence-corrected chi connectivity index (χ1v) is 10.9. The van der Waals surface area contributed by atoms with E-state index in [0.717, 1.165) is 42.0 Å². The number of imidazole rings is 1. The standard InChI is InChI=1S/C23H24N4OS/c1-23(16-24,18-11-12-18)26-21(28)15-29-22-25-19-9-5-6-10-20(19)27(22)14-13-17-7-3-2-4-8-17/h2-10,18H,11-15H2,1H3,(H,26,28). The molecule has 1 heterocycles. The molecule has 1 amide bonds. The van der Waals surface area contributed by atoms with Gasteiger partial charge < -0.3 is 9.88 Å². The molecule has 1 fully saturated rings. The first-order valence-electron chi connectivity index (χ1n) is 9.93.